The van der Waals surface area contributed by atoms with Crippen molar-refractivity contribution in [2.75, 3.05) is 0 Å². The van der Waals surface area contributed by atoms with E-state index >= 15 is 4.39 Å². The third-order valence-corrected chi connectivity index (χ3v) is 5.81. The molecule has 1 aromatic rings. The Morgan fingerprint density at radius 3 is 2.58 bits per heavy atom. The van der Waals surface area contributed by atoms with Crippen LogP contribution in [-0.2, 0) is 15.2 Å². The van der Waals surface area contributed by atoms with Gasteiger partial charge in [0.1, 0.15) is 11.3 Å². The van der Waals surface area contributed by atoms with Gasteiger partial charge in [-0.15, -0.1) is 0 Å². The molecular weight excluding hydrogens is 333 g/mol. The quantitative estimate of drug-likeness (QED) is 0.808. The van der Waals surface area contributed by atoms with E-state index in [4.69, 9.17) is 4.74 Å². The first kappa shape index (κ1) is 17.5. The van der Waals surface area contributed by atoms with E-state index in [1.54, 1.807) is 17.0 Å². The van der Waals surface area contributed by atoms with Crippen LogP contribution >= 0.6 is 0 Å². The number of piperidine rings is 1. The number of ether oxygens (including phenoxy) is 1. The Morgan fingerprint density at radius 1 is 1.23 bits per heavy atom. The van der Waals surface area contributed by atoms with Crippen LogP contribution in [0.25, 0.3) is 0 Å². The van der Waals surface area contributed by atoms with E-state index in [-0.39, 0.29) is 24.2 Å². The van der Waals surface area contributed by atoms with E-state index in [9.17, 15) is 9.59 Å². The van der Waals surface area contributed by atoms with Gasteiger partial charge in [0.05, 0.1) is 6.04 Å². The van der Waals surface area contributed by atoms with Gasteiger partial charge in [0.2, 0.25) is 0 Å². The number of carbonyl (C=O) groups excluding carboxylic acids is 2. The SMILES string of the molecule is CC(C)(C)OC(=O)N1[C@@H]2C[C@@H]2C[C@H]1C(=O)CC1CC1(F)c1ccccc1. The maximum absolute atomic E-state index is 15.1. The molecule has 0 radical (unpaired) electrons. The van der Waals surface area contributed by atoms with Gasteiger partial charge in [-0.2, -0.15) is 0 Å². The summed E-state index contributed by atoms with van der Waals surface area (Å²) in [5.74, 6) is 0.0956. The van der Waals surface area contributed by atoms with Crippen LogP contribution in [0, 0.1) is 11.8 Å². The molecule has 1 amide bonds. The average molecular weight is 359 g/mol. The second-order valence-electron chi connectivity index (χ2n) is 9.00. The molecule has 0 N–H and O–H groups in total. The fourth-order valence-corrected chi connectivity index (χ4v) is 4.30. The average Bonchev–Trinajstić information content (AvgIpc) is 3.43. The van der Waals surface area contributed by atoms with Gasteiger partial charge < -0.3 is 4.74 Å². The molecule has 2 saturated carbocycles. The molecule has 0 bridgehead atoms. The van der Waals surface area contributed by atoms with E-state index in [1.165, 1.54) is 0 Å². The topological polar surface area (TPSA) is 46.6 Å². The lowest BCUT2D eigenvalue weighted by Gasteiger charge is -2.30. The van der Waals surface area contributed by atoms with Gasteiger partial charge in [-0.25, -0.2) is 9.18 Å². The summed E-state index contributed by atoms with van der Waals surface area (Å²) >= 11 is 0. The smallest absolute Gasteiger partial charge is 0.411 e. The third-order valence-electron chi connectivity index (χ3n) is 5.81. The highest BCUT2D eigenvalue weighted by atomic mass is 19.1. The number of hydrogen-bond donors (Lipinski definition) is 0. The van der Waals surface area contributed by atoms with Gasteiger partial charge in [-0.3, -0.25) is 9.69 Å². The highest BCUT2D eigenvalue weighted by molar-refractivity contribution is 5.89. The van der Waals surface area contributed by atoms with Gasteiger partial charge in [0.25, 0.3) is 0 Å². The number of likely N-dealkylation sites (tertiary alicyclic amines) is 1. The lowest BCUT2D eigenvalue weighted by atomic mass is 9.99. The van der Waals surface area contributed by atoms with Crippen LogP contribution in [0.1, 0.15) is 52.0 Å². The molecule has 4 nitrogen and oxygen atoms in total. The summed E-state index contributed by atoms with van der Waals surface area (Å²) in [6.45, 7) is 5.47. The van der Waals surface area contributed by atoms with Crippen LogP contribution < -0.4 is 0 Å². The predicted octanol–water partition coefficient (Wildman–Crippen LogP) is 4.23. The van der Waals surface area contributed by atoms with Crippen molar-refractivity contribution in [2.24, 2.45) is 11.8 Å². The molecule has 26 heavy (non-hydrogen) atoms. The lowest BCUT2D eigenvalue weighted by molar-refractivity contribution is -0.124. The molecule has 2 unspecified atom stereocenters. The minimum atomic E-state index is -1.39. The number of ketones is 1. The van der Waals surface area contributed by atoms with Crippen LogP contribution in [0.3, 0.4) is 0 Å². The van der Waals surface area contributed by atoms with Crippen LogP contribution in [0.15, 0.2) is 30.3 Å². The largest absolute Gasteiger partial charge is 0.444 e. The first-order valence-corrected chi connectivity index (χ1v) is 9.47. The fourth-order valence-electron chi connectivity index (χ4n) is 4.30. The summed E-state index contributed by atoms with van der Waals surface area (Å²) in [6, 6.07) is 8.74. The van der Waals surface area contributed by atoms with Crippen molar-refractivity contribution >= 4 is 11.9 Å². The van der Waals surface area contributed by atoms with Gasteiger partial charge >= 0.3 is 6.09 Å². The van der Waals surface area contributed by atoms with Crippen LogP contribution in [0.5, 0.6) is 0 Å². The number of carbonyl (C=O) groups is 2. The zero-order valence-corrected chi connectivity index (χ0v) is 15.6. The molecule has 140 valence electrons. The fraction of sp³-hybridized carbons (Fsp3) is 0.619. The number of Topliss-reactive ketones (excluding diaryl/α,β-unsaturated/α-hetero) is 1. The van der Waals surface area contributed by atoms with Crippen molar-refractivity contribution in [3.05, 3.63) is 35.9 Å². The monoisotopic (exact) mass is 359 g/mol. The number of halogens is 1. The molecule has 1 heterocycles. The molecule has 1 saturated heterocycles. The first-order valence-electron chi connectivity index (χ1n) is 9.47. The van der Waals surface area contributed by atoms with Gasteiger partial charge in [0.15, 0.2) is 5.78 Å². The molecule has 0 aromatic heterocycles. The second kappa shape index (κ2) is 5.80. The summed E-state index contributed by atoms with van der Waals surface area (Å²) in [7, 11) is 0. The Hall–Kier alpha value is -1.91. The Balaban J connectivity index is 1.41. The van der Waals surface area contributed by atoms with E-state index < -0.39 is 23.4 Å². The zero-order valence-electron chi connectivity index (χ0n) is 15.6. The Morgan fingerprint density at radius 2 is 1.92 bits per heavy atom. The molecule has 1 aliphatic heterocycles. The molecular formula is C21H26FNO3. The molecule has 3 fully saturated rings. The van der Waals surface area contributed by atoms with Crippen molar-refractivity contribution in [2.45, 2.75) is 69.8 Å². The number of hydrogen-bond acceptors (Lipinski definition) is 3. The van der Waals surface area contributed by atoms with E-state index in [2.05, 4.69) is 0 Å². The predicted molar refractivity (Wildman–Crippen MR) is 95.3 cm³/mol. The number of fused-ring (bicyclic) bond motifs is 1. The van der Waals surface area contributed by atoms with Crippen LogP contribution in [0.2, 0.25) is 0 Å². The maximum Gasteiger partial charge on any atom is 0.411 e. The highest BCUT2D eigenvalue weighted by Gasteiger charge is 2.60. The Kier molecular flexibility index (Phi) is 3.90. The lowest BCUT2D eigenvalue weighted by Crippen LogP contribution is -2.45. The number of alkyl halides is 1. The summed E-state index contributed by atoms with van der Waals surface area (Å²) in [5, 5.41) is 0. The third kappa shape index (κ3) is 3.12. The molecule has 4 rings (SSSR count). The van der Waals surface area contributed by atoms with Crippen LogP contribution in [-0.4, -0.2) is 34.5 Å². The normalized spacial score (nSPS) is 35.0. The Bertz CT molecular complexity index is 729. The highest BCUT2D eigenvalue weighted by Crippen LogP contribution is 2.58. The zero-order chi connectivity index (χ0) is 18.7. The van der Waals surface area contributed by atoms with Crippen molar-refractivity contribution in [1.82, 2.24) is 4.90 Å². The summed E-state index contributed by atoms with van der Waals surface area (Å²) in [5.41, 5.74) is -1.33. The minimum absolute atomic E-state index is 0.0245. The van der Waals surface area contributed by atoms with Crippen LogP contribution in [0.4, 0.5) is 9.18 Å². The first-order chi connectivity index (χ1) is 12.2. The van der Waals surface area contributed by atoms with E-state index in [1.807, 2.05) is 39.0 Å². The molecule has 5 heteroatoms. The number of nitrogens with zero attached hydrogens (tertiary/aromatic N) is 1. The summed E-state index contributed by atoms with van der Waals surface area (Å²) < 4.78 is 20.5. The molecule has 2 aliphatic carbocycles. The molecule has 0 spiro atoms. The number of benzene rings is 1. The number of rotatable bonds is 4. The van der Waals surface area contributed by atoms with Crippen molar-refractivity contribution in [3.63, 3.8) is 0 Å². The van der Waals surface area contributed by atoms with Crippen molar-refractivity contribution < 1.29 is 18.7 Å². The minimum Gasteiger partial charge on any atom is -0.444 e. The van der Waals surface area contributed by atoms with E-state index in [0.717, 1.165) is 6.42 Å². The van der Waals surface area contributed by atoms with Crippen molar-refractivity contribution in [1.29, 1.82) is 0 Å². The van der Waals surface area contributed by atoms with Gasteiger partial charge in [-0.1, -0.05) is 30.3 Å². The molecule has 1 aromatic carbocycles. The van der Waals surface area contributed by atoms with Crippen molar-refractivity contribution in [3.8, 4) is 0 Å². The molecule has 5 atom stereocenters. The standard InChI is InChI=1S/C21H26FNO3/c1-20(2,3)26-19(25)23-16-9-13(16)10-17(23)18(24)11-15-12-21(15,22)14-7-5-4-6-8-14/h4-8,13,15-17H,9-12H2,1-3H3/t13-,15?,16-,17+,21?/m1/s1. The second-order valence-corrected chi connectivity index (χ2v) is 9.00. The van der Waals surface area contributed by atoms with Gasteiger partial charge in [0, 0.05) is 18.4 Å². The maximum atomic E-state index is 15.1. The molecule has 3 aliphatic rings. The number of amides is 1. The summed E-state index contributed by atoms with van der Waals surface area (Å²) in [6.07, 6.45) is 1.80. The Labute approximate surface area is 153 Å². The van der Waals surface area contributed by atoms with E-state index in [0.29, 0.717) is 24.3 Å². The van der Waals surface area contributed by atoms with Gasteiger partial charge in [-0.05, 0) is 51.5 Å². The summed E-state index contributed by atoms with van der Waals surface area (Å²) in [4.78, 5) is 27.0.